The molecule has 0 radical (unpaired) electrons. The minimum atomic E-state index is -0.0323. The topological polar surface area (TPSA) is 78.7 Å². The summed E-state index contributed by atoms with van der Waals surface area (Å²) in [5.41, 5.74) is 6.89. The predicted molar refractivity (Wildman–Crippen MR) is 64.6 cm³/mol. The number of rotatable bonds is 3. The first-order chi connectivity index (χ1) is 8.06. The molecule has 0 fully saturated rings. The Labute approximate surface area is 98.7 Å². The largest absolute Gasteiger partial charge is 0.396 e. The Hall–Kier alpha value is -2.11. The van der Waals surface area contributed by atoms with E-state index in [1.807, 2.05) is 13.8 Å². The van der Waals surface area contributed by atoms with Crippen LogP contribution in [0.25, 0.3) is 0 Å². The predicted octanol–water partition coefficient (Wildman–Crippen LogP) is 0.339. The number of nitrogen functional groups attached to an aromatic ring is 1. The maximum absolute atomic E-state index is 11.8. The van der Waals surface area contributed by atoms with Crippen molar-refractivity contribution in [2.24, 2.45) is 0 Å². The lowest BCUT2D eigenvalue weighted by molar-refractivity contribution is 0.509. The van der Waals surface area contributed by atoms with Crippen LogP contribution < -0.4 is 11.3 Å². The normalized spacial score (nSPS) is 10.7. The standard InChI is InChI=1S/C11H15N5O/c1-8-5-11(17)16(9(2)14-8)4-3-15-7-10(12)6-13-15/h5-7H,3-4,12H2,1-2H3. The Kier molecular flexibility index (Phi) is 2.95. The number of anilines is 1. The van der Waals surface area contributed by atoms with Gasteiger partial charge in [0.15, 0.2) is 0 Å². The van der Waals surface area contributed by atoms with E-state index in [0.29, 0.717) is 18.8 Å². The van der Waals surface area contributed by atoms with Gasteiger partial charge in [-0.1, -0.05) is 0 Å². The van der Waals surface area contributed by atoms with Crippen molar-refractivity contribution in [1.29, 1.82) is 0 Å². The summed E-state index contributed by atoms with van der Waals surface area (Å²) < 4.78 is 3.34. The maximum Gasteiger partial charge on any atom is 0.253 e. The number of hydrogen-bond acceptors (Lipinski definition) is 4. The first-order valence-electron chi connectivity index (χ1n) is 5.39. The summed E-state index contributed by atoms with van der Waals surface area (Å²) in [6.45, 7) is 4.78. The highest BCUT2D eigenvalue weighted by molar-refractivity contribution is 5.30. The molecule has 90 valence electrons. The minimum Gasteiger partial charge on any atom is -0.396 e. The molecule has 0 aliphatic heterocycles. The SMILES string of the molecule is Cc1cc(=O)n(CCn2cc(N)cn2)c(C)n1. The second-order valence-corrected chi connectivity index (χ2v) is 3.97. The average molecular weight is 233 g/mol. The van der Waals surface area contributed by atoms with Crippen LogP contribution in [0.4, 0.5) is 5.69 Å². The van der Waals surface area contributed by atoms with Gasteiger partial charge in [0.05, 0.1) is 18.4 Å². The van der Waals surface area contributed by atoms with E-state index in [1.165, 1.54) is 6.07 Å². The molecule has 0 bridgehead atoms. The molecule has 0 aliphatic rings. The number of nitrogens with two attached hydrogens (primary N) is 1. The van der Waals surface area contributed by atoms with Crippen molar-refractivity contribution in [1.82, 2.24) is 19.3 Å². The van der Waals surface area contributed by atoms with Gasteiger partial charge >= 0.3 is 0 Å². The Morgan fingerprint density at radius 1 is 1.35 bits per heavy atom. The van der Waals surface area contributed by atoms with Crippen LogP contribution in [-0.2, 0) is 13.1 Å². The van der Waals surface area contributed by atoms with Crippen molar-refractivity contribution in [2.75, 3.05) is 5.73 Å². The van der Waals surface area contributed by atoms with E-state index in [2.05, 4.69) is 10.1 Å². The van der Waals surface area contributed by atoms with Gasteiger partial charge < -0.3 is 5.73 Å². The summed E-state index contributed by atoms with van der Waals surface area (Å²) in [6, 6.07) is 1.53. The van der Waals surface area contributed by atoms with Crippen molar-refractivity contribution in [3.8, 4) is 0 Å². The molecule has 2 aromatic heterocycles. The molecular formula is C11H15N5O. The molecular weight excluding hydrogens is 218 g/mol. The van der Waals surface area contributed by atoms with E-state index >= 15 is 0 Å². The molecule has 6 nitrogen and oxygen atoms in total. The molecule has 17 heavy (non-hydrogen) atoms. The number of aryl methyl sites for hydroxylation is 3. The van der Waals surface area contributed by atoms with Crippen molar-refractivity contribution in [3.05, 3.63) is 40.3 Å². The van der Waals surface area contributed by atoms with Gasteiger partial charge in [-0.15, -0.1) is 0 Å². The second kappa shape index (κ2) is 4.40. The molecule has 2 heterocycles. The van der Waals surface area contributed by atoms with Crippen LogP contribution >= 0.6 is 0 Å². The van der Waals surface area contributed by atoms with Crippen LogP contribution in [0.15, 0.2) is 23.3 Å². The van der Waals surface area contributed by atoms with Crippen LogP contribution in [0.2, 0.25) is 0 Å². The molecule has 0 amide bonds. The quantitative estimate of drug-likeness (QED) is 0.829. The summed E-state index contributed by atoms with van der Waals surface area (Å²) in [4.78, 5) is 16.0. The minimum absolute atomic E-state index is 0.0323. The van der Waals surface area contributed by atoms with Gasteiger partial charge in [0.25, 0.3) is 5.56 Å². The van der Waals surface area contributed by atoms with Crippen molar-refractivity contribution < 1.29 is 0 Å². The first-order valence-corrected chi connectivity index (χ1v) is 5.39. The van der Waals surface area contributed by atoms with Gasteiger partial charge in [0.2, 0.25) is 0 Å². The van der Waals surface area contributed by atoms with E-state index in [1.54, 1.807) is 21.6 Å². The highest BCUT2D eigenvalue weighted by atomic mass is 16.1. The van der Waals surface area contributed by atoms with Gasteiger partial charge in [0, 0.05) is 24.5 Å². The fourth-order valence-corrected chi connectivity index (χ4v) is 1.74. The summed E-state index contributed by atoms with van der Waals surface area (Å²) in [6.07, 6.45) is 3.32. The van der Waals surface area contributed by atoms with Crippen molar-refractivity contribution in [2.45, 2.75) is 26.9 Å². The van der Waals surface area contributed by atoms with Crippen LogP contribution in [0, 0.1) is 13.8 Å². The van der Waals surface area contributed by atoms with Crippen LogP contribution in [0.5, 0.6) is 0 Å². The van der Waals surface area contributed by atoms with Gasteiger partial charge in [-0.3, -0.25) is 14.0 Å². The van der Waals surface area contributed by atoms with Gasteiger partial charge in [-0.05, 0) is 13.8 Å². The number of nitrogens with zero attached hydrogens (tertiary/aromatic N) is 4. The van der Waals surface area contributed by atoms with Gasteiger partial charge in [-0.2, -0.15) is 5.10 Å². The van der Waals surface area contributed by atoms with Crippen LogP contribution in [0.1, 0.15) is 11.5 Å². The van der Waals surface area contributed by atoms with Crippen molar-refractivity contribution in [3.63, 3.8) is 0 Å². The maximum atomic E-state index is 11.8. The lowest BCUT2D eigenvalue weighted by atomic mass is 10.4. The molecule has 0 unspecified atom stereocenters. The molecule has 0 saturated carbocycles. The van der Waals surface area contributed by atoms with Crippen molar-refractivity contribution >= 4 is 5.69 Å². The molecule has 0 atom stereocenters. The second-order valence-electron chi connectivity index (χ2n) is 3.97. The molecule has 2 rings (SSSR count). The van der Waals surface area contributed by atoms with Gasteiger partial charge in [0.1, 0.15) is 5.82 Å². The molecule has 2 N–H and O–H groups in total. The molecule has 0 aromatic carbocycles. The Bertz CT molecular complexity index is 584. The molecule has 6 heteroatoms. The third kappa shape index (κ3) is 2.52. The molecule has 0 saturated heterocycles. The highest BCUT2D eigenvalue weighted by Gasteiger charge is 2.03. The Morgan fingerprint density at radius 2 is 2.12 bits per heavy atom. The number of aromatic nitrogens is 4. The lowest BCUT2D eigenvalue weighted by Crippen LogP contribution is -2.25. The zero-order valence-electron chi connectivity index (χ0n) is 9.92. The zero-order chi connectivity index (χ0) is 12.4. The first kappa shape index (κ1) is 11.4. The lowest BCUT2D eigenvalue weighted by Gasteiger charge is -2.09. The van der Waals surface area contributed by atoms with Crippen LogP contribution in [-0.4, -0.2) is 19.3 Å². The average Bonchev–Trinajstić information content (AvgIpc) is 2.62. The summed E-state index contributed by atoms with van der Waals surface area (Å²) in [5, 5.41) is 4.06. The summed E-state index contributed by atoms with van der Waals surface area (Å²) in [7, 11) is 0. The van der Waals surface area contributed by atoms with E-state index in [9.17, 15) is 4.79 Å². The van der Waals surface area contributed by atoms with E-state index in [4.69, 9.17) is 5.73 Å². The van der Waals surface area contributed by atoms with E-state index in [-0.39, 0.29) is 5.56 Å². The summed E-state index contributed by atoms with van der Waals surface area (Å²) >= 11 is 0. The molecule has 0 aliphatic carbocycles. The third-order valence-electron chi connectivity index (χ3n) is 2.53. The smallest absolute Gasteiger partial charge is 0.253 e. The van der Waals surface area contributed by atoms with Crippen LogP contribution in [0.3, 0.4) is 0 Å². The monoisotopic (exact) mass is 233 g/mol. The number of hydrogen-bond donors (Lipinski definition) is 1. The third-order valence-corrected chi connectivity index (χ3v) is 2.53. The fraction of sp³-hybridized carbons (Fsp3) is 0.364. The molecule has 0 spiro atoms. The molecule has 2 aromatic rings. The zero-order valence-corrected chi connectivity index (χ0v) is 9.92. The Balaban J connectivity index is 2.17. The van der Waals surface area contributed by atoms with Gasteiger partial charge in [-0.25, -0.2) is 4.98 Å². The van der Waals surface area contributed by atoms with E-state index in [0.717, 1.165) is 11.5 Å². The summed E-state index contributed by atoms with van der Waals surface area (Å²) in [5.74, 6) is 0.718. The Morgan fingerprint density at radius 3 is 2.71 bits per heavy atom. The highest BCUT2D eigenvalue weighted by Crippen LogP contribution is 1.99. The van der Waals surface area contributed by atoms with E-state index < -0.39 is 0 Å². The fourth-order valence-electron chi connectivity index (χ4n) is 1.74.